The molecule has 5 rings (SSSR count). The van der Waals surface area contributed by atoms with Crippen molar-refractivity contribution in [3.8, 4) is 22.8 Å². The van der Waals surface area contributed by atoms with Crippen LogP contribution in [0.1, 0.15) is 31.7 Å². The largest absolute Gasteiger partial charge is 0.457 e. The number of nitrogens with zero attached hydrogens (tertiary/aromatic N) is 4. The molecule has 2 aromatic heterocycles. The van der Waals surface area contributed by atoms with Crippen molar-refractivity contribution in [1.29, 1.82) is 0 Å². The minimum atomic E-state index is 0.251. The number of fused-ring (bicyclic) bond motifs is 1. The molecule has 7 heteroatoms. The van der Waals surface area contributed by atoms with E-state index in [1.807, 2.05) is 59.3 Å². The minimum Gasteiger partial charge on any atom is -0.457 e. The second-order valence-electron chi connectivity index (χ2n) is 8.57. The standard InChI is InChI=1S/C27H28N6O/c1-3-18(2)31-20-11-13-21(14-12-20)33-27-24(26(28)29-17-30-27)25(32-33)19-9-15-23(16-10-19)34-22-7-5-4-6-8-22/h3-10,15-17,20-21,31H,1-2,11-14H2,(H2,28,29,30). The molecule has 2 aromatic carbocycles. The van der Waals surface area contributed by atoms with Gasteiger partial charge >= 0.3 is 0 Å². The fourth-order valence-corrected chi connectivity index (χ4v) is 4.54. The highest BCUT2D eigenvalue weighted by Crippen LogP contribution is 2.36. The summed E-state index contributed by atoms with van der Waals surface area (Å²) in [5, 5.41) is 9.23. The van der Waals surface area contributed by atoms with E-state index in [1.54, 1.807) is 6.08 Å². The van der Waals surface area contributed by atoms with Gasteiger partial charge in [-0.3, -0.25) is 0 Å². The molecule has 0 bridgehead atoms. The van der Waals surface area contributed by atoms with Gasteiger partial charge in [0, 0.05) is 17.3 Å². The van der Waals surface area contributed by atoms with Gasteiger partial charge in [-0.1, -0.05) is 31.4 Å². The van der Waals surface area contributed by atoms with Gasteiger partial charge in [0.05, 0.1) is 11.4 Å². The van der Waals surface area contributed by atoms with E-state index >= 15 is 0 Å². The van der Waals surface area contributed by atoms with E-state index in [2.05, 4.69) is 28.4 Å². The lowest BCUT2D eigenvalue weighted by Crippen LogP contribution is -2.32. The number of hydrogen-bond acceptors (Lipinski definition) is 6. The molecule has 1 saturated carbocycles. The summed E-state index contributed by atoms with van der Waals surface area (Å²) in [5.74, 6) is 1.99. The van der Waals surface area contributed by atoms with Crippen LogP contribution in [-0.4, -0.2) is 25.8 Å². The van der Waals surface area contributed by atoms with Gasteiger partial charge in [-0.2, -0.15) is 5.10 Å². The predicted octanol–water partition coefficient (Wildman–Crippen LogP) is 5.64. The first-order valence-corrected chi connectivity index (χ1v) is 11.5. The van der Waals surface area contributed by atoms with Gasteiger partial charge in [-0.05, 0) is 68.2 Å². The minimum absolute atomic E-state index is 0.251. The second-order valence-corrected chi connectivity index (χ2v) is 8.57. The third kappa shape index (κ3) is 4.37. The number of nitrogens with one attached hydrogen (secondary N) is 1. The average molecular weight is 453 g/mol. The van der Waals surface area contributed by atoms with Crippen LogP contribution < -0.4 is 15.8 Å². The zero-order valence-corrected chi connectivity index (χ0v) is 19.0. The van der Waals surface area contributed by atoms with E-state index in [0.29, 0.717) is 11.9 Å². The number of anilines is 1. The summed E-state index contributed by atoms with van der Waals surface area (Å²) in [7, 11) is 0. The van der Waals surface area contributed by atoms with E-state index in [0.717, 1.165) is 65.2 Å². The Hall–Kier alpha value is -4.13. The highest BCUT2D eigenvalue weighted by molar-refractivity contribution is 5.98. The van der Waals surface area contributed by atoms with Crippen LogP contribution in [0.15, 0.2) is 85.9 Å². The summed E-state index contributed by atoms with van der Waals surface area (Å²) in [6.45, 7) is 7.75. The first-order chi connectivity index (χ1) is 16.6. The molecule has 34 heavy (non-hydrogen) atoms. The van der Waals surface area contributed by atoms with E-state index < -0.39 is 0 Å². The molecule has 0 saturated heterocycles. The van der Waals surface area contributed by atoms with Crippen molar-refractivity contribution in [3.05, 3.63) is 85.9 Å². The third-order valence-electron chi connectivity index (χ3n) is 6.30. The van der Waals surface area contributed by atoms with Crippen molar-refractivity contribution < 1.29 is 4.74 Å². The summed E-state index contributed by atoms with van der Waals surface area (Å²) >= 11 is 0. The lowest BCUT2D eigenvalue weighted by Gasteiger charge is -2.30. The normalized spacial score (nSPS) is 17.9. The Labute approximate surface area is 199 Å². The average Bonchev–Trinajstić information content (AvgIpc) is 3.26. The maximum absolute atomic E-state index is 6.30. The molecular formula is C27H28N6O. The van der Waals surface area contributed by atoms with Crippen molar-refractivity contribution in [2.45, 2.75) is 37.8 Å². The summed E-state index contributed by atoms with van der Waals surface area (Å²) in [6.07, 6.45) is 7.31. The van der Waals surface area contributed by atoms with Crippen LogP contribution in [0, 0.1) is 0 Å². The zero-order chi connectivity index (χ0) is 23.5. The van der Waals surface area contributed by atoms with Gasteiger partial charge in [-0.25, -0.2) is 14.6 Å². The number of hydrogen-bond donors (Lipinski definition) is 2. The quantitative estimate of drug-likeness (QED) is 0.353. The molecule has 0 radical (unpaired) electrons. The summed E-state index contributed by atoms with van der Waals surface area (Å²) in [4.78, 5) is 8.80. The number of rotatable bonds is 7. The molecule has 0 amide bonds. The first-order valence-electron chi connectivity index (χ1n) is 11.5. The lowest BCUT2D eigenvalue weighted by atomic mass is 9.91. The number of allylic oxidation sites excluding steroid dienone is 1. The van der Waals surface area contributed by atoms with Gasteiger partial charge in [0.2, 0.25) is 0 Å². The van der Waals surface area contributed by atoms with Gasteiger partial charge < -0.3 is 15.8 Å². The molecule has 0 aliphatic heterocycles. The lowest BCUT2D eigenvalue weighted by molar-refractivity contribution is 0.292. The Morgan fingerprint density at radius 2 is 1.71 bits per heavy atom. The molecule has 3 N–H and O–H groups in total. The van der Waals surface area contributed by atoms with Crippen molar-refractivity contribution in [2.24, 2.45) is 0 Å². The Bertz CT molecular complexity index is 1300. The van der Waals surface area contributed by atoms with Crippen LogP contribution in [-0.2, 0) is 0 Å². The van der Waals surface area contributed by atoms with Gasteiger partial charge in [0.15, 0.2) is 5.65 Å². The second kappa shape index (κ2) is 9.39. The van der Waals surface area contributed by atoms with E-state index in [9.17, 15) is 0 Å². The molecule has 4 aromatic rings. The van der Waals surface area contributed by atoms with Gasteiger partial charge in [-0.15, -0.1) is 0 Å². The SMILES string of the molecule is C=CC(=C)NC1CCC(n2nc(-c3ccc(Oc4ccccc4)cc3)c3c(N)ncnc32)CC1. The van der Waals surface area contributed by atoms with Crippen LogP contribution in [0.5, 0.6) is 11.5 Å². The van der Waals surface area contributed by atoms with Crippen molar-refractivity contribution in [3.63, 3.8) is 0 Å². The number of ether oxygens (including phenoxy) is 1. The van der Waals surface area contributed by atoms with Crippen LogP contribution in [0.4, 0.5) is 5.82 Å². The van der Waals surface area contributed by atoms with E-state index in [1.165, 1.54) is 6.33 Å². The van der Waals surface area contributed by atoms with Crippen LogP contribution in [0.3, 0.4) is 0 Å². The number of para-hydroxylation sites is 1. The molecule has 0 spiro atoms. The van der Waals surface area contributed by atoms with Crippen LogP contribution in [0.25, 0.3) is 22.3 Å². The highest BCUT2D eigenvalue weighted by Gasteiger charge is 2.27. The Morgan fingerprint density at radius 1 is 1.00 bits per heavy atom. The van der Waals surface area contributed by atoms with Crippen molar-refractivity contribution in [1.82, 2.24) is 25.1 Å². The van der Waals surface area contributed by atoms with E-state index in [4.69, 9.17) is 15.6 Å². The summed E-state index contributed by atoms with van der Waals surface area (Å²) in [6, 6.07) is 18.3. The maximum Gasteiger partial charge on any atom is 0.164 e. The number of nitrogen functional groups attached to an aromatic ring is 1. The molecule has 7 nitrogen and oxygen atoms in total. The zero-order valence-electron chi connectivity index (χ0n) is 19.0. The van der Waals surface area contributed by atoms with E-state index in [-0.39, 0.29) is 6.04 Å². The number of aromatic nitrogens is 4. The highest BCUT2D eigenvalue weighted by atomic mass is 16.5. The topological polar surface area (TPSA) is 90.9 Å². The number of benzene rings is 2. The fourth-order valence-electron chi connectivity index (χ4n) is 4.54. The van der Waals surface area contributed by atoms with Gasteiger partial charge in [0.25, 0.3) is 0 Å². The molecular weight excluding hydrogens is 424 g/mol. The van der Waals surface area contributed by atoms with Crippen LogP contribution in [0.2, 0.25) is 0 Å². The molecule has 172 valence electrons. The van der Waals surface area contributed by atoms with Crippen molar-refractivity contribution >= 4 is 16.9 Å². The van der Waals surface area contributed by atoms with Crippen LogP contribution >= 0.6 is 0 Å². The molecule has 1 aliphatic carbocycles. The molecule has 0 atom stereocenters. The first kappa shape index (κ1) is 21.7. The third-order valence-corrected chi connectivity index (χ3v) is 6.30. The maximum atomic E-state index is 6.30. The Balaban J connectivity index is 1.42. The summed E-state index contributed by atoms with van der Waals surface area (Å²) < 4.78 is 7.97. The Kier molecular flexibility index (Phi) is 5.99. The van der Waals surface area contributed by atoms with Gasteiger partial charge in [0.1, 0.15) is 29.3 Å². The molecule has 1 fully saturated rings. The predicted molar refractivity (Wildman–Crippen MR) is 135 cm³/mol. The smallest absolute Gasteiger partial charge is 0.164 e. The number of nitrogens with two attached hydrogens (primary N) is 1. The molecule has 1 aliphatic rings. The van der Waals surface area contributed by atoms with Crippen molar-refractivity contribution in [2.75, 3.05) is 5.73 Å². The molecule has 2 heterocycles. The fraction of sp³-hybridized carbons (Fsp3) is 0.222. The Morgan fingerprint density at radius 3 is 2.41 bits per heavy atom. The summed E-state index contributed by atoms with van der Waals surface area (Å²) in [5.41, 5.74) is 9.69. The monoisotopic (exact) mass is 452 g/mol. The molecule has 0 unspecified atom stereocenters.